The molecule has 3 heteroatoms. The molecule has 25 heavy (non-hydrogen) atoms. The van der Waals surface area contributed by atoms with Gasteiger partial charge in [0.25, 0.3) is 0 Å². The fourth-order valence-corrected chi connectivity index (χ4v) is 5.44. The molecule has 1 heterocycles. The molecule has 0 radical (unpaired) electrons. The van der Waals surface area contributed by atoms with Gasteiger partial charge in [-0.15, -0.1) is 0 Å². The molecule has 0 aliphatic rings. The fourth-order valence-electron chi connectivity index (χ4n) is 2.66. The van der Waals surface area contributed by atoms with Crippen LogP contribution in [0.3, 0.4) is 0 Å². The number of rotatable bonds is 7. The van der Waals surface area contributed by atoms with Crippen LogP contribution in [0.1, 0.15) is 17.2 Å². The van der Waals surface area contributed by atoms with Crippen LogP contribution in [0.2, 0.25) is 5.32 Å². The van der Waals surface area contributed by atoms with Crippen molar-refractivity contribution < 1.29 is 8.12 Å². The van der Waals surface area contributed by atoms with Crippen molar-refractivity contribution in [2.45, 2.75) is 16.7 Å². The van der Waals surface area contributed by atoms with Crippen LogP contribution >= 0.6 is 0 Å². The molecular weight excluding hydrogens is 376 g/mol. The standard InChI is InChI=1S/C22H22FNSe/c23-25(18-21-12-6-2-7-13-21)19-22(24-16-8-3-9-17-24)15-14-20-10-4-1-5-11-20/h1-17,22H,18-19H2/q+2/b15-14+. The first-order valence-electron chi connectivity index (χ1n) is 8.38. The summed E-state index contributed by atoms with van der Waals surface area (Å²) in [6.45, 7) is 0. The van der Waals surface area contributed by atoms with Crippen molar-refractivity contribution in [3.8, 4) is 0 Å². The van der Waals surface area contributed by atoms with Crippen LogP contribution in [-0.4, -0.2) is 14.4 Å². The zero-order chi connectivity index (χ0) is 17.3. The number of halogens is 1. The quantitative estimate of drug-likeness (QED) is 0.391. The van der Waals surface area contributed by atoms with Gasteiger partial charge in [0, 0.05) is 0 Å². The van der Waals surface area contributed by atoms with E-state index in [2.05, 4.69) is 28.9 Å². The predicted octanol–water partition coefficient (Wildman–Crippen LogP) is 4.97. The Morgan fingerprint density at radius 2 is 1.44 bits per heavy atom. The molecule has 2 unspecified atom stereocenters. The van der Waals surface area contributed by atoms with E-state index in [0.29, 0.717) is 10.6 Å². The molecule has 1 nitrogen and oxygen atoms in total. The molecule has 0 bridgehead atoms. The zero-order valence-electron chi connectivity index (χ0n) is 14.0. The molecule has 3 aromatic rings. The molecule has 0 N–H and O–H groups in total. The third-order valence-electron chi connectivity index (χ3n) is 3.95. The number of pyridine rings is 1. The van der Waals surface area contributed by atoms with E-state index in [1.807, 2.05) is 79.1 Å². The van der Waals surface area contributed by atoms with Gasteiger partial charge in [-0.1, -0.05) is 0 Å². The summed E-state index contributed by atoms with van der Waals surface area (Å²) in [5.41, 5.74) is 2.24. The van der Waals surface area contributed by atoms with Gasteiger partial charge in [-0.3, -0.25) is 0 Å². The normalized spacial score (nSPS) is 13.6. The molecule has 0 saturated heterocycles. The van der Waals surface area contributed by atoms with Crippen molar-refractivity contribution in [1.82, 2.24) is 0 Å². The molecule has 0 amide bonds. The van der Waals surface area contributed by atoms with E-state index in [4.69, 9.17) is 0 Å². The molecule has 0 saturated carbocycles. The first-order chi connectivity index (χ1) is 12.3. The third kappa shape index (κ3) is 5.67. The predicted molar refractivity (Wildman–Crippen MR) is 103 cm³/mol. The Morgan fingerprint density at radius 3 is 2.12 bits per heavy atom. The number of hydrogen-bond acceptors (Lipinski definition) is 0. The van der Waals surface area contributed by atoms with Gasteiger partial charge in [-0.2, -0.15) is 0 Å². The van der Waals surface area contributed by atoms with E-state index in [9.17, 15) is 3.55 Å². The van der Waals surface area contributed by atoms with Crippen molar-refractivity contribution in [2.75, 3.05) is 0 Å². The van der Waals surface area contributed by atoms with Gasteiger partial charge < -0.3 is 0 Å². The van der Waals surface area contributed by atoms with Crippen LogP contribution in [0.15, 0.2) is 97.3 Å². The Balaban J connectivity index is 1.73. The Bertz CT molecular complexity index is 775. The first kappa shape index (κ1) is 17.6. The minimum atomic E-state index is -2.21. The monoisotopic (exact) mass is 399 g/mol. The molecule has 126 valence electrons. The van der Waals surface area contributed by atoms with Crippen LogP contribution in [0, 0.1) is 0 Å². The SMILES string of the molecule is F[Se+](Cc1ccccc1)CC(/C=C/c1ccccc1)[n+]1ccccc1. The van der Waals surface area contributed by atoms with Crippen LogP contribution in [0.5, 0.6) is 0 Å². The van der Waals surface area contributed by atoms with Crippen LogP contribution in [0.4, 0.5) is 3.55 Å². The van der Waals surface area contributed by atoms with Crippen LogP contribution in [-0.2, 0) is 5.32 Å². The van der Waals surface area contributed by atoms with Crippen LogP contribution in [0.25, 0.3) is 6.08 Å². The minimum absolute atomic E-state index is 0.0418. The van der Waals surface area contributed by atoms with Crippen molar-refractivity contribution in [3.05, 3.63) is 108 Å². The summed E-state index contributed by atoms with van der Waals surface area (Å²) >= 11 is -2.21. The maximum absolute atomic E-state index is 14.8. The number of hydrogen-bond donors (Lipinski definition) is 0. The summed E-state index contributed by atoms with van der Waals surface area (Å²) in [7, 11) is 0. The average molecular weight is 398 g/mol. The van der Waals surface area contributed by atoms with Gasteiger partial charge in [0.1, 0.15) is 0 Å². The Kier molecular flexibility index (Phi) is 6.55. The molecule has 0 spiro atoms. The summed E-state index contributed by atoms with van der Waals surface area (Å²) < 4.78 is 16.9. The summed E-state index contributed by atoms with van der Waals surface area (Å²) in [5.74, 6) is 0. The number of benzene rings is 2. The van der Waals surface area contributed by atoms with Gasteiger partial charge in [-0.25, -0.2) is 0 Å². The second-order valence-electron chi connectivity index (χ2n) is 5.88. The summed E-state index contributed by atoms with van der Waals surface area (Å²) in [6.07, 6.45) is 8.24. The van der Waals surface area contributed by atoms with Crippen molar-refractivity contribution in [3.63, 3.8) is 0 Å². The van der Waals surface area contributed by atoms with Gasteiger partial charge >= 0.3 is 154 Å². The van der Waals surface area contributed by atoms with E-state index in [1.54, 1.807) is 0 Å². The molecule has 0 aliphatic carbocycles. The Morgan fingerprint density at radius 1 is 0.840 bits per heavy atom. The molecule has 0 aliphatic heterocycles. The van der Waals surface area contributed by atoms with E-state index >= 15 is 0 Å². The average Bonchev–Trinajstić information content (AvgIpc) is 2.67. The topological polar surface area (TPSA) is 3.88 Å². The van der Waals surface area contributed by atoms with E-state index < -0.39 is 14.4 Å². The van der Waals surface area contributed by atoms with Crippen molar-refractivity contribution in [1.29, 1.82) is 0 Å². The van der Waals surface area contributed by atoms with Crippen molar-refractivity contribution >= 4 is 20.4 Å². The van der Waals surface area contributed by atoms with Crippen molar-refractivity contribution in [2.24, 2.45) is 0 Å². The van der Waals surface area contributed by atoms with Gasteiger partial charge in [-0.05, 0) is 0 Å². The molecule has 2 atom stereocenters. The number of allylic oxidation sites excluding steroid dienone is 1. The summed E-state index contributed by atoms with van der Waals surface area (Å²) in [4.78, 5) is 0. The Labute approximate surface area is 153 Å². The summed E-state index contributed by atoms with van der Waals surface area (Å²) in [5, 5.41) is 1.15. The van der Waals surface area contributed by atoms with E-state index in [0.717, 1.165) is 11.1 Å². The molecule has 2 aromatic carbocycles. The van der Waals surface area contributed by atoms with Gasteiger partial charge in [0.15, 0.2) is 0 Å². The number of nitrogens with zero attached hydrogens (tertiary/aromatic N) is 1. The molecular formula is C22H22FNSe+2. The van der Waals surface area contributed by atoms with Gasteiger partial charge in [0.2, 0.25) is 0 Å². The third-order valence-corrected chi connectivity index (χ3v) is 6.78. The zero-order valence-corrected chi connectivity index (χ0v) is 15.8. The van der Waals surface area contributed by atoms with Gasteiger partial charge in [0.05, 0.1) is 0 Å². The molecule has 0 fully saturated rings. The maximum atomic E-state index is 14.8. The number of aromatic nitrogens is 1. The molecule has 3 rings (SSSR count). The van der Waals surface area contributed by atoms with E-state index in [-0.39, 0.29) is 6.04 Å². The van der Waals surface area contributed by atoms with E-state index in [1.165, 1.54) is 0 Å². The second-order valence-corrected chi connectivity index (χ2v) is 8.96. The first-order valence-corrected chi connectivity index (χ1v) is 11.4. The fraction of sp³-hybridized carbons (Fsp3) is 0.136. The van der Waals surface area contributed by atoms with Crippen LogP contribution < -0.4 is 4.57 Å². The Hall–Kier alpha value is -2.22. The second kappa shape index (κ2) is 9.31. The summed E-state index contributed by atoms with van der Waals surface area (Å²) in [6, 6.07) is 26.2. The molecule has 1 aromatic heterocycles.